The van der Waals surface area contributed by atoms with Crippen LogP contribution >= 0.6 is 0 Å². The fourth-order valence-corrected chi connectivity index (χ4v) is 2.16. The molecule has 1 saturated heterocycles. The first-order chi connectivity index (χ1) is 8.91. The Labute approximate surface area is 114 Å². The van der Waals surface area contributed by atoms with E-state index in [-0.39, 0.29) is 11.9 Å². The summed E-state index contributed by atoms with van der Waals surface area (Å²) in [5, 5.41) is 11.6. The smallest absolute Gasteiger partial charge is 0.326 e. The molecule has 19 heavy (non-hydrogen) atoms. The molecule has 1 fully saturated rings. The highest BCUT2D eigenvalue weighted by molar-refractivity contribution is 5.82. The number of urea groups is 1. The molecule has 6 heteroatoms. The van der Waals surface area contributed by atoms with Crippen molar-refractivity contribution in [3.8, 4) is 0 Å². The minimum absolute atomic E-state index is 0.131. The highest BCUT2D eigenvalue weighted by Gasteiger charge is 2.25. The third kappa shape index (κ3) is 5.06. The van der Waals surface area contributed by atoms with Crippen molar-refractivity contribution in [3.63, 3.8) is 0 Å². The predicted molar refractivity (Wildman–Crippen MR) is 73.1 cm³/mol. The van der Waals surface area contributed by atoms with E-state index >= 15 is 0 Å². The second kappa shape index (κ2) is 7.33. The third-order valence-electron chi connectivity index (χ3n) is 3.51. The van der Waals surface area contributed by atoms with Gasteiger partial charge >= 0.3 is 12.0 Å². The van der Waals surface area contributed by atoms with Gasteiger partial charge in [-0.1, -0.05) is 13.8 Å². The van der Waals surface area contributed by atoms with Gasteiger partial charge in [0.05, 0.1) is 0 Å². The average Bonchev–Trinajstić information content (AvgIpc) is 2.84. The molecule has 2 N–H and O–H groups in total. The third-order valence-corrected chi connectivity index (χ3v) is 3.51. The molecule has 6 nitrogen and oxygen atoms in total. The van der Waals surface area contributed by atoms with E-state index in [2.05, 4.69) is 10.2 Å². The lowest BCUT2D eigenvalue weighted by atomic mass is 10.1. The number of hydrogen-bond donors (Lipinski definition) is 2. The molecule has 2 amide bonds. The summed E-state index contributed by atoms with van der Waals surface area (Å²) in [5.74, 6) is -1.12. The van der Waals surface area contributed by atoms with Gasteiger partial charge in [0, 0.05) is 20.1 Å². The van der Waals surface area contributed by atoms with Crippen molar-refractivity contribution in [3.05, 3.63) is 0 Å². The van der Waals surface area contributed by atoms with Crippen LogP contribution in [0.4, 0.5) is 4.79 Å². The normalized spacial score (nSPS) is 17.5. The van der Waals surface area contributed by atoms with Crippen LogP contribution in [-0.4, -0.2) is 66.2 Å². The summed E-state index contributed by atoms with van der Waals surface area (Å²) in [7, 11) is 1.70. The van der Waals surface area contributed by atoms with E-state index < -0.39 is 12.0 Å². The van der Waals surface area contributed by atoms with Gasteiger partial charge in [-0.25, -0.2) is 9.59 Å². The van der Waals surface area contributed by atoms with Gasteiger partial charge < -0.3 is 20.2 Å². The molecule has 0 bridgehead atoms. The minimum Gasteiger partial charge on any atom is -0.480 e. The first kappa shape index (κ1) is 15.8. The molecule has 0 aliphatic carbocycles. The SMILES string of the molecule is CC(C)[C@H](NC(=O)N(C)CCN1CCCC1)C(=O)O. The summed E-state index contributed by atoms with van der Waals surface area (Å²) in [6.45, 7) is 7.23. The van der Waals surface area contributed by atoms with Crippen LogP contribution in [0.15, 0.2) is 0 Å². The molecule has 0 spiro atoms. The number of likely N-dealkylation sites (tertiary alicyclic amines) is 1. The number of carbonyl (C=O) groups excluding carboxylic acids is 1. The van der Waals surface area contributed by atoms with Crippen molar-refractivity contribution in [1.29, 1.82) is 0 Å². The number of carboxylic acids is 1. The first-order valence-electron chi connectivity index (χ1n) is 6.88. The van der Waals surface area contributed by atoms with Gasteiger partial charge in [-0.05, 0) is 31.8 Å². The summed E-state index contributed by atoms with van der Waals surface area (Å²) in [6.07, 6.45) is 2.45. The summed E-state index contributed by atoms with van der Waals surface area (Å²) < 4.78 is 0. The Bertz CT molecular complexity index is 314. The number of nitrogens with one attached hydrogen (secondary N) is 1. The molecular formula is C13H25N3O3. The molecule has 0 aromatic heterocycles. The Morgan fingerprint density at radius 3 is 2.37 bits per heavy atom. The second-order valence-electron chi connectivity index (χ2n) is 5.48. The Morgan fingerprint density at radius 1 is 1.32 bits per heavy atom. The van der Waals surface area contributed by atoms with Gasteiger partial charge in [-0.3, -0.25) is 0 Å². The zero-order chi connectivity index (χ0) is 14.4. The van der Waals surface area contributed by atoms with E-state index in [1.807, 2.05) is 0 Å². The molecule has 1 aliphatic heterocycles. The van der Waals surface area contributed by atoms with Crippen LogP contribution in [0.1, 0.15) is 26.7 Å². The molecule has 0 unspecified atom stereocenters. The largest absolute Gasteiger partial charge is 0.480 e. The van der Waals surface area contributed by atoms with Crippen molar-refractivity contribution in [2.45, 2.75) is 32.7 Å². The monoisotopic (exact) mass is 271 g/mol. The minimum atomic E-state index is -0.990. The van der Waals surface area contributed by atoms with Gasteiger partial charge in [-0.15, -0.1) is 0 Å². The van der Waals surface area contributed by atoms with E-state index in [0.29, 0.717) is 6.54 Å². The van der Waals surface area contributed by atoms with Crippen LogP contribution in [-0.2, 0) is 4.79 Å². The summed E-state index contributed by atoms with van der Waals surface area (Å²) in [5.41, 5.74) is 0. The molecule has 0 aromatic rings. The molecule has 1 atom stereocenters. The van der Waals surface area contributed by atoms with Gasteiger partial charge in [-0.2, -0.15) is 0 Å². The number of likely N-dealkylation sites (N-methyl/N-ethyl adjacent to an activating group) is 1. The van der Waals surface area contributed by atoms with Crippen molar-refractivity contribution < 1.29 is 14.7 Å². The maximum atomic E-state index is 11.9. The van der Waals surface area contributed by atoms with Crippen LogP contribution < -0.4 is 5.32 Å². The number of carboxylic acid groups (broad SMARTS) is 1. The standard InChI is InChI=1S/C13H25N3O3/c1-10(2)11(12(17)18)14-13(19)15(3)8-9-16-6-4-5-7-16/h10-11H,4-9H2,1-3H3,(H,14,19)(H,17,18)/t11-/m0/s1. The van der Waals surface area contributed by atoms with Crippen molar-refractivity contribution in [2.24, 2.45) is 5.92 Å². The maximum absolute atomic E-state index is 11.9. The molecule has 0 aromatic carbocycles. The van der Waals surface area contributed by atoms with Crippen molar-refractivity contribution in [1.82, 2.24) is 15.1 Å². The van der Waals surface area contributed by atoms with Crippen molar-refractivity contribution in [2.75, 3.05) is 33.2 Å². The Kier molecular flexibility index (Phi) is 6.08. The molecule has 0 saturated carbocycles. The van der Waals surface area contributed by atoms with Crippen LogP contribution in [0.25, 0.3) is 0 Å². The van der Waals surface area contributed by atoms with Crippen LogP contribution in [0, 0.1) is 5.92 Å². The van der Waals surface area contributed by atoms with Crippen LogP contribution in [0.3, 0.4) is 0 Å². The fourth-order valence-electron chi connectivity index (χ4n) is 2.16. The molecule has 1 rings (SSSR count). The average molecular weight is 271 g/mol. The highest BCUT2D eigenvalue weighted by Crippen LogP contribution is 2.07. The Morgan fingerprint density at radius 2 is 1.89 bits per heavy atom. The highest BCUT2D eigenvalue weighted by atomic mass is 16.4. The van der Waals surface area contributed by atoms with Gasteiger partial charge in [0.1, 0.15) is 6.04 Å². The lowest BCUT2D eigenvalue weighted by molar-refractivity contribution is -0.140. The van der Waals surface area contributed by atoms with Crippen molar-refractivity contribution >= 4 is 12.0 Å². The number of carbonyl (C=O) groups is 2. The zero-order valence-corrected chi connectivity index (χ0v) is 12.1. The van der Waals surface area contributed by atoms with Crippen LogP contribution in [0.2, 0.25) is 0 Å². The Hall–Kier alpha value is -1.30. The molecular weight excluding hydrogens is 246 g/mol. The number of nitrogens with zero attached hydrogens (tertiary/aromatic N) is 2. The summed E-state index contributed by atoms with van der Waals surface area (Å²) in [4.78, 5) is 26.8. The topological polar surface area (TPSA) is 72.9 Å². The lowest BCUT2D eigenvalue weighted by Gasteiger charge is -2.25. The van der Waals surface area contributed by atoms with Gasteiger partial charge in [0.2, 0.25) is 0 Å². The zero-order valence-electron chi connectivity index (χ0n) is 12.1. The second-order valence-corrected chi connectivity index (χ2v) is 5.48. The van der Waals surface area contributed by atoms with E-state index in [4.69, 9.17) is 5.11 Å². The number of hydrogen-bond acceptors (Lipinski definition) is 3. The molecule has 110 valence electrons. The number of amides is 2. The Balaban J connectivity index is 2.36. The van der Waals surface area contributed by atoms with E-state index in [1.54, 1.807) is 25.8 Å². The van der Waals surface area contributed by atoms with E-state index in [9.17, 15) is 9.59 Å². The summed E-state index contributed by atoms with van der Waals surface area (Å²) >= 11 is 0. The molecule has 0 radical (unpaired) electrons. The van der Waals surface area contributed by atoms with E-state index in [0.717, 1.165) is 19.6 Å². The fraction of sp³-hybridized carbons (Fsp3) is 0.846. The van der Waals surface area contributed by atoms with Gasteiger partial charge in [0.15, 0.2) is 0 Å². The lowest BCUT2D eigenvalue weighted by Crippen LogP contribution is -2.50. The first-order valence-corrected chi connectivity index (χ1v) is 6.88. The van der Waals surface area contributed by atoms with Gasteiger partial charge in [0.25, 0.3) is 0 Å². The molecule has 1 heterocycles. The summed E-state index contributed by atoms with van der Waals surface area (Å²) in [6, 6.07) is -1.15. The molecule has 1 aliphatic rings. The van der Waals surface area contributed by atoms with Crippen LogP contribution in [0.5, 0.6) is 0 Å². The van der Waals surface area contributed by atoms with E-state index in [1.165, 1.54) is 12.8 Å². The number of aliphatic carboxylic acids is 1. The quantitative estimate of drug-likeness (QED) is 0.750. The number of rotatable bonds is 6. The maximum Gasteiger partial charge on any atom is 0.326 e. The predicted octanol–water partition coefficient (Wildman–Crippen LogP) is 0.833.